The van der Waals surface area contributed by atoms with Crippen LogP contribution in [0.2, 0.25) is 0 Å². The normalized spacial score (nSPS) is 11.6. The molecule has 0 unspecified atom stereocenters. The summed E-state index contributed by atoms with van der Waals surface area (Å²) in [5.74, 6) is 1.59. The van der Waals surface area contributed by atoms with Crippen LogP contribution in [0.3, 0.4) is 0 Å². The first-order valence-electron chi connectivity index (χ1n) is 9.26. The molecule has 0 bridgehead atoms. The Morgan fingerprint density at radius 1 is 1.07 bits per heavy atom. The molecule has 27 heavy (non-hydrogen) atoms. The molecule has 0 spiro atoms. The number of sulfonamides is 1. The Labute approximate surface area is 162 Å². The summed E-state index contributed by atoms with van der Waals surface area (Å²) in [5, 5.41) is 0. The van der Waals surface area contributed by atoms with Crippen molar-refractivity contribution in [1.82, 2.24) is 4.72 Å². The van der Waals surface area contributed by atoms with Gasteiger partial charge >= 0.3 is 0 Å². The molecule has 0 saturated heterocycles. The second kappa shape index (κ2) is 9.76. The van der Waals surface area contributed by atoms with Gasteiger partial charge < -0.3 is 9.47 Å². The smallest absolute Gasteiger partial charge is 0.240 e. The number of hydrogen-bond acceptors (Lipinski definition) is 4. The minimum absolute atomic E-state index is 0.161. The second-order valence-electron chi connectivity index (χ2n) is 6.70. The standard InChI is InChI=1S/C21H29NO4S/c1-5-6-17-7-9-18(10-8-17)26-14-13-22-27(23,24)19-11-12-21(25-4)20(15-19)16(2)3/h7-12,15-16,22H,5-6,13-14H2,1-4H3. The first kappa shape index (κ1) is 21.3. The van der Waals surface area contributed by atoms with Crippen molar-refractivity contribution < 1.29 is 17.9 Å². The minimum atomic E-state index is -3.60. The molecule has 0 atom stereocenters. The Morgan fingerprint density at radius 3 is 2.37 bits per heavy atom. The van der Waals surface area contributed by atoms with Gasteiger partial charge in [0.15, 0.2) is 0 Å². The van der Waals surface area contributed by atoms with E-state index in [9.17, 15) is 8.42 Å². The van der Waals surface area contributed by atoms with E-state index >= 15 is 0 Å². The van der Waals surface area contributed by atoms with Crippen molar-refractivity contribution >= 4 is 10.0 Å². The van der Waals surface area contributed by atoms with Gasteiger partial charge in [-0.2, -0.15) is 0 Å². The van der Waals surface area contributed by atoms with Gasteiger partial charge in [0.05, 0.1) is 12.0 Å². The maximum absolute atomic E-state index is 12.5. The molecule has 0 aliphatic carbocycles. The monoisotopic (exact) mass is 391 g/mol. The van der Waals surface area contributed by atoms with Crippen LogP contribution in [0.1, 0.15) is 44.2 Å². The minimum Gasteiger partial charge on any atom is -0.496 e. The molecule has 0 aliphatic heterocycles. The van der Waals surface area contributed by atoms with Crippen molar-refractivity contribution in [1.29, 1.82) is 0 Å². The molecule has 0 aliphatic rings. The summed E-state index contributed by atoms with van der Waals surface area (Å²) in [6.45, 7) is 6.60. The van der Waals surface area contributed by atoms with Crippen molar-refractivity contribution in [3.63, 3.8) is 0 Å². The molecule has 0 aromatic heterocycles. The molecule has 1 N–H and O–H groups in total. The van der Waals surface area contributed by atoms with E-state index < -0.39 is 10.0 Å². The van der Waals surface area contributed by atoms with Crippen molar-refractivity contribution in [2.45, 2.75) is 44.4 Å². The lowest BCUT2D eigenvalue weighted by Crippen LogP contribution is -2.28. The maximum Gasteiger partial charge on any atom is 0.240 e. The molecule has 2 aromatic carbocycles. The van der Waals surface area contributed by atoms with Gasteiger partial charge in [0.2, 0.25) is 10.0 Å². The summed E-state index contributed by atoms with van der Waals surface area (Å²) in [6.07, 6.45) is 2.15. The molecule has 5 nitrogen and oxygen atoms in total. The van der Waals surface area contributed by atoms with Crippen LogP contribution in [0.4, 0.5) is 0 Å². The summed E-state index contributed by atoms with van der Waals surface area (Å²) in [7, 11) is -2.01. The number of aryl methyl sites for hydroxylation is 1. The van der Waals surface area contributed by atoms with E-state index in [4.69, 9.17) is 9.47 Å². The van der Waals surface area contributed by atoms with Gasteiger partial charge in [0.1, 0.15) is 18.1 Å². The summed E-state index contributed by atoms with van der Waals surface area (Å²) >= 11 is 0. The topological polar surface area (TPSA) is 64.6 Å². The van der Waals surface area contributed by atoms with Gasteiger partial charge in [-0.15, -0.1) is 0 Å². The van der Waals surface area contributed by atoms with Crippen molar-refractivity contribution in [3.05, 3.63) is 53.6 Å². The van der Waals surface area contributed by atoms with Gasteiger partial charge in [-0.3, -0.25) is 0 Å². The highest BCUT2D eigenvalue weighted by molar-refractivity contribution is 7.89. The lowest BCUT2D eigenvalue weighted by atomic mass is 10.0. The van der Waals surface area contributed by atoms with Gasteiger partial charge in [0, 0.05) is 6.54 Å². The average molecular weight is 392 g/mol. The summed E-state index contributed by atoms with van der Waals surface area (Å²) in [5.41, 5.74) is 2.13. The van der Waals surface area contributed by atoms with E-state index in [2.05, 4.69) is 11.6 Å². The highest BCUT2D eigenvalue weighted by Crippen LogP contribution is 2.28. The highest BCUT2D eigenvalue weighted by Gasteiger charge is 2.17. The highest BCUT2D eigenvalue weighted by atomic mass is 32.2. The molecular weight excluding hydrogens is 362 g/mol. The van der Waals surface area contributed by atoms with Crippen LogP contribution < -0.4 is 14.2 Å². The van der Waals surface area contributed by atoms with Gasteiger partial charge in [-0.1, -0.05) is 39.3 Å². The van der Waals surface area contributed by atoms with Crippen LogP contribution in [0.15, 0.2) is 47.4 Å². The molecule has 0 radical (unpaired) electrons. The zero-order valence-corrected chi connectivity index (χ0v) is 17.3. The Morgan fingerprint density at radius 2 is 1.78 bits per heavy atom. The summed E-state index contributed by atoms with van der Waals surface area (Å²) < 4.78 is 38.6. The third-order valence-corrected chi connectivity index (χ3v) is 5.72. The number of methoxy groups -OCH3 is 1. The molecule has 2 aromatic rings. The summed E-state index contributed by atoms with van der Waals surface area (Å²) in [6, 6.07) is 12.8. The number of nitrogens with one attached hydrogen (secondary N) is 1. The Kier molecular flexibility index (Phi) is 7.68. The van der Waals surface area contributed by atoms with E-state index in [0.717, 1.165) is 24.2 Å². The lowest BCUT2D eigenvalue weighted by molar-refractivity contribution is 0.322. The number of rotatable bonds is 10. The van der Waals surface area contributed by atoms with Gasteiger partial charge in [-0.25, -0.2) is 13.1 Å². The largest absolute Gasteiger partial charge is 0.496 e. The molecular formula is C21H29NO4S. The molecule has 0 heterocycles. The Hall–Kier alpha value is -2.05. The zero-order chi connectivity index (χ0) is 19.9. The van der Waals surface area contributed by atoms with Crippen molar-refractivity contribution in [2.75, 3.05) is 20.3 Å². The van der Waals surface area contributed by atoms with Crippen LogP contribution >= 0.6 is 0 Å². The van der Waals surface area contributed by atoms with E-state index in [1.165, 1.54) is 5.56 Å². The van der Waals surface area contributed by atoms with Crippen LogP contribution in [0.25, 0.3) is 0 Å². The zero-order valence-electron chi connectivity index (χ0n) is 16.5. The predicted octanol–water partition coefficient (Wildman–Crippen LogP) is 4.13. The van der Waals surface area contributed by atoms with E-state index in [1.807, 2.05) is 38.1 Å². The maximum atomic E-state index is 12.5. The van der Waals surface area contributed by atoms with Crippen LogP contribution in [-0.4, -0.2) is 28.7 Å². The molecule has 148 valence electrons. The quantitative estimate of drug-likeness (QED) is 0.619. The number of benzene rings is 2. The molecule has 2 rings (SSSR count). The van der Waals surface area contributed by atoms with Crippen LogP contribution in [-0.2, 0) is 16.4 Å². The van der Waals surface area contributed by atoms with Gasteiger partial charge in [-0.05, 0) is 53.8 Å². The van der Waals surface area contributed by atoms with Crippen molar-refractivity contribution in [2.24, 2.45) is 0 Å². The van der Waals surface area contributed by atoms with E-state index in [-0.39, 0.29) is 24.0 Å². The van der Waals surface area contributed by atoms with Crippen molar-refractivity contribution in [3.8, 4) is 11.5 Å². The fourth-order valence-corrected chi connectivity index (χ4v) is 3.85. The van der Waals surface area contributed by atoms with E-state index in [1.54, 1.807) is 25.3 Å². The number of hydrogen-bond donors (Lipinski definition) is 1. The van der Waals surface area contributed by atoms with Gasteiger partial charge in [0.25, 0.3) is 0 Å². The average Bonchev–Trinajstić information content (AvgIpc) is 2.66. The predicted molar refractivity (Wildman–Crippen MR) is 108 cm³/mol. The Bertz CT molecular complexity index is 830. The molecule has 0 saturated carbocycles. The van der Waals surface area contributed by atoms with Crippen LogP contribution in [0, 0.1) is 0 Å². The first-order chi connectivity index (χ1) is 12.9. The number of ether oxygens (including phenoxy) is 2. The first-order valence-corrected chi connectivity index (χ1v) is 10.7. The van der Waals surface area contributed by atoms with Crippen LogP contribution in [0.5, 0.6) is 11.5 Å². The fourth-order valence-electron chi connectivity index (χ4n) is 2.80. The molecule has 0 fully saturated rings. The lowest BCUT2D eigenvalue weighted by Gasteiger charge is -2.14. The van der Waals surface area contributed by atoms with E-state index in [0.29, 0.717) is 5.75 Å². The molecule has 6 heteroatoms. The molecule has 0 amide bonds. The Balaban J connectivity index is 1.93. The third kappa shape index (κ3) is 5.97. The fraction of sp³-hybridized carbons (Fsp3) is 0.429. The third-order valence-electron chi connectivity index (χ3n) is 4.26. The summed E-state index contributed by atoms with van der Waals surface area (Å²) in [4.78, 5) is 0.232. The SMILES string of the molecule is CCCc1ccc(OCCNS(=O)(=O)c2ccc(OC)c(C(C)C)c2)cc1. The second-order valence-corrected chi connectivity index (χ2v) is 8.47.